The molecule has 0 amide bonds. The van der Waals surface area contributed by atoms with Gasteiger partial charge in [0.1, 0.15) is 11.8 Å². The van der Waals surface area contributed by atoms with Crippen molar-refractivity contribution in [3.8, 4) is 0 Å². The van der Waals surface area contributed by atoms with Gasteiger partial charge in [-0.1, -0.05) is 6.08 Å². The first kappa shape index (κ1) is 13.5. The number of thiocarbonyl (C=S) groups is 1. The van der Waals surface area contributed by atoms with Gasteiger partial charge < -0.3 is 5.32 Å². The van der Waals surface area contributed by atoms with Crippen molar-refractivity contribution in [2.24, 2.45) is 20.1 Å². The highest BCUT2D eigenvalue weighted by Gasteiger charge is 2.22. The molecule has 0 aromatic carbocycles. The van der Waals surface area contributed by atoms with Gasteiger partial charge in [-0.2, -0.15) is 5.10 Å². The third-order valence-corrected chi connectivity index (χ3v) is 2.61. The van der Waals surface area contributed by atoms with Gasteiger partial charge in [0.2, 0.25) is 0 Å². The zero-order valence-corrected chi connectivity index (χ0v) is 11.9. The van der Waals surface area contributed by atoms with Crippen molar-refractivity contribution in [1.29, 1.82) is 0 Å². The number of amidine groups is 2. The van der Waals surface area contributed by atoms with E-state index in [9.17, 15) is 0 Å². The molecule has 0 radical (unpaired) electrons. The minimum atomic E-state index is -0.0779. The van der Waals surface area contributed by atoms with Gasteiger partial charge in [-0.25, -0.2) is 15.0 Å². The molecule has 0 aromatic heterocycles. The van der Waals surface area contributed by atoms with Crippen LogP contribution in [0.4, 0.5) is 0 Å². The minimum Gasteiger partial charge on any atom is -0.359 e. The lowest BCUT2D eigenvalue weighted by Gasteiger charge is -2.10. The summed E-state index contributed by atoms with van der Waals surface area (Å²) in [5, 5.41) is 7.69. The molecule has 0 bridgehead atoms. The van der Waals surface area contributed by atoms with E-state index >= 15 is 0 Å². The third-order valence-electron chi connectivity index (χ3n) is 2.40. The van der Waals surface area contributed by atoms with Gasteiger partial charge in [0.25, 0.3) is 0 Å². The Kier molecular flexibility index (Phi) is 4.16. The van der Waals surface area contributed by atoms with Crippen molar-refractivity contribution < 1.29 is 0 Å². The first-order chi connectivity index (χ1) is 9.06. The van der Waals surface area contributed by atoms with E-state index in [0.29, 0.717) is 22.5 Å². The molecule has 0 spiro atoms. The first-order valence-electron chi connectivity index (χ1n) is 6.04. The number of aliphatic imine (C=N–C) groups is 3. The fourth-order valence-corrected chi connectivity index (χ4v) is 1.84. The second-order valence-corrected chi connectivity index (χ2v) is 4.88. The predicted octanol–water partition coefficient (Wildman–Crippen LogP) is 1.05. The summed E-state index contributed by atoms with van der Waals surface area (Å²) in [7, 11) is 0. The van der Waals surface area contributed by atoms with Crippen molar-refractivity contribution >= 4 is 40.9 Å². The average Bonchev–Trinajstić information content (AvgIpc) is 2.78. The number of hydrogen-bond acceptors (Lipinski definition) is 5. The summed E-state index contributed by atoms with van der Waals surface area (Å²) in [6.07, 6.45) is 5.52. The smallest absolute Gasteiger partial charge is 0.187 e. The third kappa shape index (κ3) is 3.54. The summed E-state index contributed by atoms with van der Waals surface area (Å²) >= 11 is 5.09. The Morgan fingerprint density at radius 1 is 1.47 bits per heavy atom. The summed E-state index contributed by atoms with van der Waals surface area (Å²) in [5.41, 5.74) is 3.45. The van der Waals surface area contributed by atoms with Crippen LogP contribution in [0.2, 0.25) is 0 Å². The van der Waals surface area contributed by atoms with Crippen LogP contribution in [-0.2, 0) is 0 Å². The maximum Gasteiger partial charge on any atom is 0.187 e. The molecule has 2 N–H and O–H groups in total. The Bertz CT molecular complexity index is 526. The Morgan fingerprint density at radius 3 is 2.95 bits per heavy atom. The van der Waals surface area contributed by atoms with Gasteiger partial charge in [0, 0.05) is 12.3 Å². The number of hydrazone groups is 1. The number of dihydropyridines is 1. The molecule has 6 nitrogen and oxygen atoms in total. The Balaban J connectivity index is 1.99. The molecule has 7 heteroatoms. The van der Waals surface area contributed by atoms with Crippen LogP contribution in [0, 0.1) is 0 Å². The lowest BCUT2D eigenvalue weighted by molar-refractivity contribution is 0.719. The lowest BCUT2D eigenvalue weighted by atomic mass is 10.2. The highest BCUT2D eigenvalue weighted by atomic mass is 32.1. The number of hydrogen-bond donors (Lipinski definition) is 2. The number of rotatable bonds is 3. The highest BCUT2D eigenvalue weighted by Crippen LogP contribution is 2.12. The van der Waals surface area contributed by atoms with Crippen LogP contribution in [0.15, 0.2) is 32.2 Å². The van der Waals surface area contributed by atoms with Gasteiger partial charge in [-0.05, 0) is 39.1 Å². The SMILES string of the molecule is C/C(=N\NC(=S)NC(C)C)C1=NC2C=CC=NC2=N1. The highest BCUT2D eigenvalue weighted by molar-refractivity contribution is 7.80. The van der Waals surface area contributed by atoms with E-state index in [1.165, 1.54) is 0 Å². The average molecular weight is 276 g/mol. The summed E-state index contributed by atoms with van der Waals surface area (Å²) in [5.74, 6) is 1.29. The normalized spacial score (nSPS) is 21.1. The van der Waals surface area contributed by atoms with E-state index in [-0.39, 0.29) is 12.1 Å². The molecule has 0 saturated heterocycles. The van der Waals surface area contributed by atoms with E-state index in [1.807, 2.05) is 32.9 Å². The zero-order chi connectivity index (χ0) is 13.8. The van der Waals surface area contributed by atoms with Crippen molar-refractivity contribution in [3.05, 3.63) is 12.2 Å². The monoisotopic (exact) mass is 276 g/mol. The molecule has 2 heterocycles. The standard InChI is InChI=1S/C12H16N6S/c1-7(2)14-12(19)18-17-8(3)10-15-9-5-4-6-13-11(9)16-10/h4-7,9H,1-3H3,(H2,14,18,19)/b17-8+. The Labute approximate surface area is 117 Å². The van der Waals surface area contributed by atoms with Gasteiger partial charge in [-0.3, -0.25) is 5.43 Å². The van der Waals surface area contributed by atoms with Crippen molar-refractivity contribution in [1.82, 2.24) is 10.7 Å². The molecule has 0 aliphatic carbocycles. The zero-order valence-electron chi connectivity index (χ0n) is 11.1. The van der Waals surface area contributed by atoms with Gasteiger partial charge in [-0.15, -0.1) is 0 Å². The van der Waals surface area contributed by atoms with Crippen LogP contribution in [-0.4, -0.2) is 40.8 Å². The molecule has 100 valence electrons. The van der Waals surface area contributed by atoms with Gasteiger partial charge >= 0.3 is 0 Å². The molecule has 2 aliphatic heterocycles. The number of nitrogens with one attached hydrogen (secondary N) is 2. The van der Waals surface area contributed by atoms with E-state index in [1.54, 1.807) is 6.21 Å². The van der Waals surface area contributed by atoms with E-state index in [4.69, 9.17) is 12.2 Å². The summed E-state index contributed by atoms with van der Waals surface area (Å²) in [6.45, 7) is 5.85. The van der Waals surface area contributed by atoms with Crippen LogP contribution >= 0.6 is 12.2 Å². The second kappa shape index (κ2) is 5.83. The van der Waals surface area contributed by atoms with Gasteiger partial charge in [0.05, 0.1) is 0 Å². The Hall–Kier alpha value is -1.89. The molecule has 19 heavy (non-hydrogen) atoms. The Morgan fingerprint density at radius 2 is 2.26 bits per heavy atom. The van der Waals surface area contributed by atoms with Crippen LogP contribution in [0.1, 0.15) is 20.8 Å². The molecule has 0 fully saturated rings. The summed E-state index contributed by atoms with van der Waals surface area (Å²) in [6, 6.07) is 0.188. The van der Waals surface area contributed by atoms with Gasteiger partial charge in [0.15, 0.2) is 16.8 Å². The van der Waals surface area contributed by atoms with Crippen LogP contribution in [0.25, 0.3) is 0 Å². The fraction of sp³-hybridized carbons (Fsp3) is 0.417. The van der Waals surface area contributed by atoms with Crippen molar-refractivity contribution in [2.75, 3.05) is 0 Å². The molecule has 2 rings (SSSR count). The van der Waals surface area contributed by atoms with Crippen LogP contribution < -0.4 is 10.7 Å². The molecular weight excluding hydrogens is 260 g/mol. The molecule has 1 unspecified atom stereocenters. The quantitative estimate of drug-likeness (QED) is 0.460. The van der Waals surface area contributed by atoms with E-state index in [2.05, 4.69) is 30.8 Å². The topological polar surface area (TPSA) is 73.5 Å². The molecule has 0 aromatic rings. The minimum absolute atomic E-state index is 0.0779. The predicted molar refractivity (Wildman–Crippen MR) is 83.4 cm³/mol. The molecule has 2 aliphatic rings. The van der Waals surface area contributed by atoms with Crippen LogP contribution in [0.5, 0.6) is 0 Å². The summed E-state index contributed by atoms with van der Waals surface area (Å²) in [4.78, 5) is 12.9. The fourth-order valence-electron chi connectivity index (χ4n) is 1.56. The van der Waals surface area contributed by atoms with E-state index in [0.717, 1.165) is 0 Å². The van der Waals surface area contributed by atoms with Crippen LogP contribution in [0.3, 0.4) is 0 Å². The molecule has 1 atom stereocenters. The van der Waals surface area contributed by atoms with Crippen molar-refractivity contribution in [3.63, 3.8) is 0 Å². The van der Waals surface area contributed by atoms with Crippen molar-refractivity contribution in [2.45, 2.75) is 32.9 Å². The maximum absolute atomic E-state index is 5.09. The molecule has 0 saturated carbocycles. The molecular formula is C12H16N6S. The number of allylic oxidation sites excluding steroid dienone is 1. The first-order valence-corrected chi connectivity index (χ1v) is 6.45. The second-order valence-electron chi connectivity index (χ2n) is 4.47. The largest absolute Gasteiger partial charge is 0.359 e. The summed E-state index contributed by atoms with van der Waals surface area (Å²) < 4.78 is 0. The van der Waals surface area contributed by atoms with E-state index < -0.39 is 0 Å². The number of fused-ring (bicyclic) bond motifs is 1. The number of nitrogens with zero attached hydrogens (tertiary/aromatic N) is 4. The maximum atomic E-state index is 5.09. The lowest BCUT2D eigenvalue weighted by Crippen LogP contribution is -2.37.